The second-order valence-electron chi connectivity index (χ2n) is 3.15. The molecule has 1 aromatic carbocycles. The lowest BCUT2D eigenvalue weighted by Gasteiger charge is -1.96. The Morgan fingerprint density at radius 2 is 2.25 bits per heavy atom. The number of aromatic hydroxyl groups is 1. The normalized spacial score (nSPS) is 15.8. The van der Waals surface area contributed by atoms with E-state index in [9.17, 15) is 14.7 Å². The average Bonchev–Trinajstić information content (AvgIpc) is 2.55. The van der Waals surface area contributed by atoms with Crippen molar-refractivity contribution in [1.82, 2.24) is 0 Å². The molecule has 1 aliphatic rings. The monoisotopic (exact) mass is 220 g/mol. The van der Waals surface area contributed by atoms with Crippen molar-refractivity contribution in [1.29, 1.82) is 0 Å². The number of phenols is 1. The Morgan fingerprint density at radius 1 is 1.50 bits per heavy atom. The summed E-state index contributed by atoms with van der Waals surface area (Å²) in [4.78, 5) is 22.5. The molecule has 0 spiro atoms. The maximum Gasteiger partial charge on any atom is 0.344 e. The van der Waals surface area contributed by atoms with Crippen LogP contribution in [0.3, 0.4) is 0 Å². The topological polar surface area (TPSA) is 72.8 Å². The highest BCUT2D eigenvalue weighted by Crippen LogP contribution is 2.36. The van der Waals surface area contributed by atoms with E-state index < -0.39 is 11.9 Å². The van der Waals surface area contributed by atoms with Crippen LogP contribution >= 0.6 is 0 Å². The fourth-order valence-corrected chi connectivity index (χ4v) is 1.40. The fraction of sp³-hybridized carbons (Fsp3) is 0.0909. The Bertz CT molecular complexity index is 501. The van der Waals surface area contributed by atoms with Crippen LogP contribution in [0.4, 0.5) is 0 Å². The molecule has 0 radical (unpaired) electrons. The van der Waals surface area contributed by atoms with Gasteiger partial charge in [0, 0.05) is 11.6 Å². The van der Waals surface area contributed by atoms with Gasteiger partial charge in [0.25, 0.3) is 0 Å². The maximum atomic E-state index is 11.4. The highest BCUT2D eigenvalue weighted by molar-refractivity contribution is 6.24. The Kier molecular flexibility index (Phi) is 2.36. The Hall–Kier alpha value is -2.30. The summed E-state index contributed by atoms with van der Waals surface area (Å²) in [7, 11) is 1.21. The third-order valence-corrected chi connectivity index (χ3v) is 2.14. The summed E-state index contributed by atoms with van der Waals surface area (Å²) in [5.41, 5.74) is 0.466. The van der Waals surface area contributed by atoms with Gasteiger partial charge in [-0.05, 0) is 18.2 Å². The van der Waals surface area contributed by atoms with Crippen molar-refractivity contribution in [3.8, 4) is 11.5 Å². The first-order valence-corrected chi connectivity index (χ1v) is 4.47. The minimum absolute atomic E-state index is 0.00665. The highest BCUT2D eigenvalue weighted by Gasteiger charge is 2.28. The van der Waals surface area contributed by atoms with Crippen molar-refractivity contribution < 1.29 is 24.2 Å². The molecular formula is C11H8O5. The highest BCUT2D eigenvalue weighted by atomic mass is 16.5. The van der Waals surface area contributed by atoms with Crippen LogP contribution in [0.1, 0.15) is 5.56 Å². The number of carbonyl (C=O) groups excluding carboxylic acids is 2. The molecule has 0 atom stereocenters. The molecule has 0 saturated carbocycles. The summed E-state index contributed by atoms with van der Waals surface area (Å²) >= 11 is 0. The van der Waals surface area contributed by atoms with Crippen molar-refractivity contribution in [2.24, 2.45) is 0 Å². The number of hydrogen-bond donors (Lipinski definition) is 1. The lowest BCUT2D eigenvalue weighted by atomic mass is 10.1. The summed E-state index contributed by atoms with van der Waals surface area (Å²) in [5.74, 6) is -0.972. The zero-order valence-electron chi connectivity index (χ0n) is 8.39. The van der Waals surface area contributed by atoms with E-state index in [4.69, 9.17) is 4.74 Å². The van der Waals surface area contributed by atoms with Crippen LogP contribution in [-0.2, 0) is 14.3 Å². The third kappa shape index (κ3) is 1.63. The van der Waals surface area contributed by atoms with E-state index in [2.05, 4.69) is 4.74 Å². The van der Waals surface area contributed by atoms with Crippen LogP contribution in [0.15, 0.2) is 24.3 Å². The predicted molar refractivity (Wildman–Crippen MR) is 53.7 cm³/mol. The molecule has 1 aliphatic heterocycles. The molecule has 0 bridgehead atoms. The maximum absolute atomic E-state index is 11.4. The van der Waals surface area contributed by atoms with Gasteiger partial charge >= 0.3 is 11.9 Å². The number of rotatable bonds is 1. The minimum Gasteiger partial charge on any atom is -0.508 e. The summed E-state index contributed by atoms with van der Waals surface area (Å²) in [6.45, 7) is 0. The van der Waals surface area contributed by atoms with E-state index in [0.717, 1.165) is 6.08 Å². The largest absolute Gasteiger partial charge is 0.508 e. The lowest BCUT2D eigenvalue weighted by Crippen LogP contribution is -2.04. The number of esters is 2. The van der Waals surface area contributed by atoms with E-state index in [-0.39, 0.29) is 11.3 Å². The zero-order valence-corrected chi connectivity index (χ0v) is 8.39. The SMILES string of the molecule is COC(=O)/C=C1\C(=O)Oc2ccc(O)cc21. The third-order valence-electron chi connectivity index (χ3n) is 2.14. The molecule has 5 nitrogen and oxygen atoms in total. The van der Waals surface area contributed by atoms with Gasteiger partial charge in [-0.2, -0.15) is 0 Å². The molecule has 0 aromatic heterocycles. The Labute approximate surface area is 90.9 Å². The first kappa shape index (κ1) is 10.2. The first-order chi connectivity index (χ1) is 7.61. The van der Waals surface area contributed by atoms with Gasteiger partial charge in [-0.3, -0.25) is 0 Å². The second-order valence-corrected chi connectivity index (χ2v) is 3.15. The van der Waals surface area contributed by atoms with Gasteiger partial charge in [0.1, 0.15) is 11.5 Å². The van der Waals surface area contributed by atoms with Crippen LogP contribution < -0.4 is 4.74 Å². The summed E-state index contributed by atoms with van der Waals surface area (Å²) in [6, 6.07) is 4.21. The zero-order chi connectivity index (χ0) is 11.7. The molecule has 2 rings (SSSR count). The summed E-state index contributed by atoms with van der Waals surface area (Å²) < 4.78 is 9.31. The molecule has 1 N–H and O–H groups in total. The van der Waals surface area contributed by atoms with Crippen molar-refractivity contribution >= 4 is 17.5 Å². The lowest BCUT2D eigenvalue weighted by molar-refractivity contribution is -0.135. The molecule has 0 aliphatic carbocycles. The van der Waals surface area contributed by atoms with E-state index >= 15 is 0 Å². The number of carbonyl (C=O) groups is 2. The predicted octanol–water partition coefficient (Wildman–Crippen LogP) is 0.868. The fourth-order valence-electron chi connectivity index (χ4n) is 1.40. The van der Waals surface area contributed by atoms with Crippen molar-refractivity contribution in [3.63, 3.8) is 0 Å². The van der Waals surface area contributed by atoms with Crippen LogP contribution in [0.5, 0.6) is 11.5 Å². The quantitative estimate of drug-likeness (QED) is 0.432. The molecule has 1 heterocycles. The van der Waals surface area contributed by atoms with E-state index in [0.29, 0.717) is 11.3 Å². The standard InChI is InChI=1S/C11H8O5/c1-15-10(13)5-8-7-4-6(12)2-3-9(7)16-11(8)14/h2-5,12H,1H3/b8-5-. The molecule has 5 heteroatoms. The second kappa shape index (κ2) is 3.69. The van der Waals surface area contributed by atoms with E-state index in [1.54, 1.807) is 0 Å². The molecule has 82 valence electrons. The number of fused-ring (bicyclic) bond motifs is 1. The number of phenolic OH excluding ortho intramolecular Hbond substituents is 1. The minimum atomic E-state index is -0.650. The number of ether oxygens (including phenoxy) is 2. The van der Waals surface area contributed by atoms with Gasteiger partial charge in [-0.25, -0.2) is 9.59 Å². The van der Waals surface area contributed by atoms with Crippen molar-refractivity contribution in [3.05, 3.63) is 29.8 Å². The molecule has 0 unspecified atom stereocenters. The van der Waals surface area contributed by atoms with Crippen molar-refractivity contribution in [2.75, 3.05) is 7.11 Å². The van der Waals surface area contributed by atoms with E-state index in [1.165, 1.54) is 25.3 Å². The molecule has 0 saturated heterocycles. The molecular weight excluding hydrogens is 212 g/mol. The van der Waals surface area contributed by atoms with Gasteiger partial charge in [0.15, 0.2) is 0 Å². The number of methoxy groups -OCH3 is 1. The Balaban J connectivity index is 2.50. The van der Waals surface area contributed by atoms with Crippen LogP contribution in [0.2, 0.25) is 0 Å². The van der Waals surface area contributed by atoms with Crippen LogP contribution in [0, 0.1) is 0 Å². The van der Waals surface area contributed by atoms with Crippen molar-refractivity contribution in [2.45, 2.75) is 0 Å². The van der Waals surface area contributed by atoms with Gasteiger partial charge in [-0.1, -0.05) is 0 Å². The van der Waals surface area contributed by atoms with Crippen LogP contribution in [0.25, 0.3) is 5.57 Å². The number of benzene rings is 1. The smallest absolute Gasteiger partial charge is 0.344 e. The van der Waals surface area contributed by atoms with Crippen LogP contribution in [-0.4, -0.2) is 24.2 Å². The summed E-state index contributed by atoms with van der Waals surface area (Å²) in [6.07, 6.45) is 1.04. The molecule has 1 aromatic rings. The molecule has 0 fully saturated rings. The van der Waals surface area contributed by atoms with Gasteiger partial charge in [0.05, 0.1) is 12.7 Å². The first-order valence-electron chi connectivity index (χ1n) is 4.47. The van der Waals surface area contributed by atoms with E-state index in [1.807, 2.05) is 0 Å². The molecule has 0 amide bonds. The Morgan fingerprint density at radius 3 is 2.94 bits per heavy atom. The van der Waals surface area contributed by atoms with Gasteiger partial charge < -0.3 is 14.6 Å². The summed E-state index contributed by atoms with van der Waals surface area (Å²) in [5, 5.41) is 9.28. The van der Waals surface area contributed by atoms with Gasteiger partial charge in [-0.15, -0.1) is 0 Å². The average molecular weight is 220 g/mol. The number of hydrogen-bond acceptors (Lipinski definition) is 5. The van der Waals surface area contributed by atoms with Gasteiger partial charge in [0.2, 0.25) is 0 Å². The molecule has 16 heavy (non-hydrogen) atoms.